The van der Waals surface area contributed by atoms with Gasteiger partial charge in [-0.05, 0) is 45.9 Å². The fraction of sp³-hybridized carbons (Fsp3) is 0.618. The highest BCUT2D eigenvalue weighted by atomic mass is 127. The number of carbonyl (C=O) groups is 1. The lowest BCUT2D eigenvalue weighted by atomic mass is 9.98. The summed E-state index contributed by atoms with van der Waals surface area (Å²) in [5.74, 6) is 0.0606. The van der Waals surface area contributed by atoms with Crippen molar-refractivity contribution < 1.29 is 38.0 Å². The molecular weight excluding hydrogens is 677 g/mol. The van der Waals surface area contributed by atoms with Crippen LogP contribution in [0, 0.1) is 0 Å². The number of unbranched alkanes of at least 4 members (excludes halogenated alkanes) is 3. The third kappa shape index (κ3) is 15.0. The van der Waals surface area contributed by atoms with Gasteiger partial charge in [0.15, 0.2) is 0 Å². The highest BCUT2D eigenvalue weighted by Gasteiger charge is 2.28. The van der Waals surface area contributed by atoms with Gasteiger partial charge in [0.1, 0.15) is 6.61 Å². The molecule has 2 aromatic rings. The third-order valence-electron chi connectivity index (χ3n) is 7.11. The van der Waals surface area contributed by atoms with Gasteiger partial charge in [-0.15, -0.1) is 0 Å². The van der Waals surface area contributed by atoms with Crippen LogP contribution in [0.25, 0.3) is 11.1 Å². The zero-order valence-corrected chi connectivity index (χ0v) is 28.1. The molecule has 44 heavy (non-hydrogen) atoms. The number of hydrogen-bond acceptors (Lipinski definition) is 8. The predicted octanol–water partition coefficient (Wildman–Crippen LogP) is 6.01. The lowest BCUT2D eigenvalue weighted by Gasteiger charge is -2.14. The van der Waals surface area contributed by atoms with E-state index in [-0.39, 0.29) is 5.92 Å². The molecule has 1 N–H and O–H groups in total. The van der Waals surface area contributed by atoms with Crippen molar-refractivity contribution in [2.45, 2.75) is 38.0 Å². The summed E-state index contributed by atoms with van der Waals surface area (Å²) in [6, 6.07) is 16.6. The van der Waals surface area contributed by atoms with Crippen LogP contribution in [0.5, 0.6) is 0 Å². The number of rotatable bonds is 27. The summed E-state index contributed by atoms with van der Waals surface area (Å²) < 4.78 is 40.0. The van der Waals surface area contributed by atoms with E-state index in [4.69, 9.17) is 33.2 Å². The van der Waals surface area contributed by atoms with Gasteiger partial charge < -0.3 is 38.5 Å². The first-order chi connectivity index (χ1) is 21.8. The van der Waals surface area contributed by atoms with Crippen LogP contribution in [0.15, 0.2) is 48.5 Å². The number of ether oxygens (including phenoxy) is 7. The number of amides is 1. The van der Waals surface area contributed by atoms with Crippen molar-refractivity contribution in [3.8, 4) is 11.1 Å². The van der Waals surface area contributed by atoms with Crippen molar-refractivity contribution in [3.63, 3.8) is 0 Å². The Bertz CT molecular complexity index is 981. The van der Waals surface area contributed by atoms with Crippen LogP contribution in [0.1, 0.15) is 49.1 Å². The van der Waals surface area contributed by atoms with Crippen molar-refractivity contribution in [2.75, 3.05) is 96.9 Å². The van der Waals surface area contributed by atoms with Crippen molar-refractivity contribution in [3.05, 3.63) is 59.7 Å². The molecule has 10 heteroatoms. The highest BCUT2D eigenvalue weighted by Crippen LogP contribution is 2.44. The van der Waals surface area contributed by atoms with E-state index < -0.39 is 6.09 Å². The molecule has 3 rings (SSSR count). The molecule has 0 saturated carbocycles. The van der Waals surface area contributed by atoms with Crippen LogP contribution in [0.4, 0.5) is 4.79 Å². The van der Waals surface area contributed by atoms with E-state index in [1.54, 1.807) is 0 Å². The summed E-state index contributed by atoms with van der Waals surface area (Å²) >= 11 is 2.42. The smallest absolute Gasteiger partial charge is 0.407 e. The summed E-state index contributed by atoms with van der Waals surface area (Å²) in [5.41, 5.74) is 4.84. The lowest BCUT2D eigenvalue weighted by molar-refractivity contribution is -0.0169. The first-order valence-corrected chi connectivity index (χ1v) is 17.4. The second kappa shape index (κ2) is 24.4. The molecule has 0 heterocycles. The number of fused-ring (bicyclic) bond motifs is 3. The maximum atomic E-state index is 12.2. The zero-order chi connectivity index (χ0) is 30.9. The normalized spacial score (nSPS) is 12.3. The van der Waals surface area contributed by atoms with Gasteiger partial charge in [0.05, 0.1) is 66.1 Å². The fourth-order valence-electron chi connectivity index (χ4n) is 4.87. The Hall–Kier alpha value is -1.80. The first-order valence-electron chi connectivity index (χ1n) is 15.9. The van der Waals surface area contributed by atoms with Crippen LogP contribution in [-0.4, -0.2) is 103 Å². The molecule has 9 nitrogen and oxygen atoms in total. The van der Waals surface area contributed by atoms with Gasteiger partial charge in [0.2, 0.25) is 0 Å². The van der Waals surface area contributed by atoms with E-state index in [2.05, 4.69) is 52.2 Å². The predicted molar refractivity (Wildman–Crippen MR) is 180 cm³/mol. The molecule has 0 fully saturated rings. The minimum atomic E-state index is -0.405. The average Bonchev–Trinajstić information content (AvgIpc) is 3.37. The highest BCUT2D eigenvalue weighted by molar-refractivity contribution is 14.1. The Morgan fingerprint density at radius 1 is 0.568 bits per heavy atom. The molecule has 2 aromatic carbocycles. The number of alkyl carbamates (subject to hydrolysis) is 1. The molecule has 1 aliphatic carbocycles. The second-order valence-electron chi connectivity index (χ2n) is 10.4. The minimum absolute atomic E-state index is 0.0606. The largest absolute Gasteiger partial charge is 0.449 e. The van der Waals surface area contributed by atoms with Crippen LogP contribution in [0.3, 0.4) is 0 Å². The van der Waals surface area contributed by atoms with Crippen molar-refractivity contribution in [1.82, 2.24) is 5.32 Å². The lowest BCUT2D eigenvalue weighted by Crippen LogP contribution is -2.27. The number of halogens is 1. The van der Waals surface area contributed by atoms with E-state index in [9.17, 15) is 4.79 Å². The molecular formula is C34H50INO8. The fourth-order valence-corrected chi connectivity index (χ4v) is 5.41. The van der Waals surface area contributed by atoms with E-state index in [1.165, 1.54) is 45.9 Å². The molecule has 1 amide bonds. The monoisotopic (exact) mass is 727 g/mol. The Morgan fingerprint density at radius 2 is 1.00 bits per heavy atom. The topological polar surface area (TPSA) is 93.7 Å². The molecule has 0 unspecified atom stereocenters. The third-order valence-corrected chi connectivity index (χ3v) is 7.87. The van der Waals surface area contributed by atoms with Gasteiger partial charge in [0.25, 0.3) is 0 Å². The Morgan fingerprint density at radius 3 is 1.50 bits per heavy atom. The zero-order valence-electron chi connectivity index (χ0n) is 26.0. The van der Waals surface area contributed by atoms with Crippen LogP contribution in [0.2, 0.25) is 0 Å². The standard InChI is InChI=1S/C34H50INO8/c35-14-7-1-2-8-16-38-18-20-40-22-24-42-26-27-43-25-23-41-21-19-39-17-9-15-36-34(37)44-28-33-31-12-5-3-10-29(31)30-11-4-6-13-32(30)33/h3-6,10-13,33H,1-2,7-9,14-28H2,(H,36,37). The molecule has 1 aliphatic rings. The molecule has 0 saturated heterocycles. The molecule has 0 atom stereocenters. The molecule has 0 radical (unpaired) electrons. The van der Waals surface area contributed by atoms with Gasteiger partial charge in [-0.3, -0.25) is 0 Å². The van der Waals surface area contributed by atoms with Crippen LogP contribution < -0.4 is 5.32 Å². The van der Waals surface area contributed by atoms with Crippen molar-refractivity contribution >= 4 is 28.7 Å². The van der Waals surface area contributed by atoms with Crippen molar-refractivity contribution in [2.24, 2.45) is 0 Å². The van der Waals surface area contributed by atoms with Crippen LogP contribution in [-0.2, 0) is 33.2 Å². The summed E-state index contributed by atoms with van der Waals surface area (Å²) in [6.45, 7) is 7.60. The Balaban J connectivity index is 1.02. The minimum Gasteiger partial charge on any atom is -0.449 e. The van der Waals surface area contributed by atoms with Gasteiger partial charge in [-0.1, -0.05) is 84.0 Å². The van der Waals surface area contributed by atoms with E-state index in [1.807, 2.05) is 24.3 Å². The number of benzene rings is 2. The molecule has 0 aromatic heterocycles. The van der Waals surface area contributed by atoms with E-state index in [0.717, 1.165) is 13.0 Å². The number of nitrogens with one attached hydrogen (secondary N) is 1. The van der Waals surface area contributed by atoms with Gasteiger partial charge in [0, 0.05) is 25.7 Å². The molecule has 0 bridgehead atoms. The molecule has 0 spiro atoms. The van der Waals surface area contributed by atoms with Gasteiger partial charge in [-0.25, -0.2) is 4.79 Å². The summed E-state index contributed by atoms with van der Waals surface area (Å²) in [5, 5.41) is 2.81. The second-order valence-corrected chi connectivity index (χ2v) is 11.5. The maximum Gasteiger partial charge on any atom is 0.407 e. The Labute approximate surface area is 276 Å². The van der Waals surface area contributed by atoms with Gasteiger partial charge >= 0.3 is 6.09 Å². The number of carbonyl (C=O) groups excluding carboxylic acids is 1. The summed E-state index contributed by atoms with van der Waals surface area (Å²) in [7, 11) is 0. The Kier molecular flexibility index (Phi) is 20.4. The molecule has 0 aliphatic heterocycles. The number of alkyl halides is 1. The van der Waals surface area contributed by atoms with Gasteiger partial charge in [-0.2, -0.15) is 0 Å². The summed E-state index contributed by atoms with van der Waals surface area (Å²) in [4.78, 5) is 12.2. The van der Waals surface area contributed by atoms with Crippen LogP contribution >= 0.6 is 22.6 Å². The summed E-state index contributed by atoms with van der Waals surface area (Å²) in [6.07, 6.45) is 5.26. The number of hydrogen-bond donors (Lipinski definition) is 1. The first kappa shape index (κ1) is 36.7. The van der Waals surface area contributed by atoms with E-state index >= 15 is 0 Å². The average molecular weight is 728 g/mol. The quantitative estimate of drug-likeness (QED) is 0.0680. The maximum absolute atomic E-state index is 12.2. The SMILES string of the molecule is O=C(NCCCOCCOCCOCCOCCOCCOCCCCCCI)OCC1c2ccccc2-c2ccccc21. The van der Waals surface area contributed by atoms with E-state index in [0.29, 0.717) is 92.2 Å². The van der Waals surface area contributed by atoms with Crippen molar-refractivity contribution in [1.29, 1.82) is 0 Å². The molecule has 246 valence electrons.